The molecule has 1 aromatic heterocycles. The lowest BCUT2D eigenvalue weighted by Gasteiger charge is -2.34. The van der Waals surface area contributed by atoms with Gasteiger partial charge in [-0.15, -0.1) is 24.0 Å². The molecule has 0 amide bonds. The number of halogens is 1. The molecule has 0 spiro atoms. The first kappa shape index (κ1) is 21.3. The largest absolute Gasteiger partial charge is 0.478 e. The zero-order valence-electron chi connectivity index (χ0n) is 14.8. The first-order valence-electron chi connectivity index (χ1n) is 8.49. The maximum atomic E-state index is 5.46. The Morgan fingerprint density at radius 1 is 1.46 bits per heavy atom. The molecule has 1 atom stereocenters. The van der Waals surface area contributed by atoms with Crippen molar-refractivity contribution in [3.63, 3.8) is 0 Å². The van der Waals surface area contributed by atoms with Crippen LogP contribution in [0.3, 0.4) is 0 Å². The summed E-state index contributed by atoms with van der Waals surface area (Å²) in [7, 11) is 0. The zero-order chi connectivity index (χ0) is 16.5. The molecule has 1 aliphatic rings. The Balaban J connectivity index is 0.00000288. The molecule has 1 unspecified atom stereocenters. The fraction of sp³-hybridized carbons (Fsp3) is 0.647. The van der Waals surface area contributed by atoms with Crippen LogP contribution >= 0.6 is 35.7 Å². The van der Waals surface area contributed by atoms with Gasteiger partial charge in [-0.1, -0.05) is 6.92 Å². The fourth-order valence-electron chi connectivity index (χ4n) is 2.53. The van der Waals surface area contributed by atoms with Crippen molar-refractivity contribution in [3.05, 3.63) is 23.9 Å². The molecule has 0 aliphatic carbocycles. The summed E-state index contributed by atoms with van der Waals surface area (Å²) in [4.78, 5) is 11.4. The van der Waals surface area contributed by atoms with Gasteiger partial charge >= 0.3 is 0 Å². The van der Waals surface area contributed by atoms with Crippen LogP contribution in [0.5, 0.6) is 5.88 Å². The molecule has 1 N–H and O–H groups in total. The Bertz CT molecular complexity index is 515. The molecule has 0 bridgehead atoms. The Hall–Kier alpha value is -0.700. The number of guanidine groups is 1. The van der Waals surface area contributed by atoms with Crippen LogP contribution in [0, 0.1) is 0 Å². The highest BCUT2D eigenvalue weighted by Gasteiger charge is 2.21. The third kappa shape index (κ3) is 6.66. The molecule has 1 saturated heterocycles. The lowest BCUT2D eigenvalue weighted by molar-refractivity contribution is 0.326. The molecule has 1 aromatic rings. The summed E-state index contributed by atoms with van der Waals surface area (Å²) in [6, 6.07) is 3.97. The summed E-state index contributed by atoms with van der Waals surface area (Å²) in [6.07, 6.45) is 3.00. The van der Waals surface area contributed by atoms with E-state index in [0.29, 0.717) is 24.3 Å². The SMILES string of the molecule is CCNC(=NCc1ccnc(OCC)c1)N1CCSC(CC)C1.I. The van der Waals surface area contributed by atoms with Crippen molar-refractivity contribution in [2.75, 3.05) is 32.0 Å². The molecule has 2 heterocycles. The second-order valence-corrected chi connectivity index (χ2v) is 6.86. The molecule has 0 aromatic carbocycles. The average Bonchev–Trinajstić information content (AvgIpc) is 2.59. The van der Waals surface area contributed by atoms with Gasteiger partial charge in [0.05, 0.1) is 13.2 Å². The average molecular weight is 464 g/mol. The summed E-state index contributed by atoms with van der Waals surface area (Å²) < 4.78 is 5.46. The van der Waals surface area contributed by atoms with Gasteiger partial charge in [0.2, 0.25) is 5.88 Å². The number of nitrogens with one attached hydrogen (secondary N) is 1. The number of pyridine rings is 1. The van der Waals surface area contributed by atoms with Crippen LogP contribution in [0.1, 0.15) is 32.8 Å². The maximum absolute atomic E-state index is 5.46. The monoisotopic (exact) mass is 464 g/mol. The number of aromatic nitrogens is 1. The van der Waals surface area contributed by atoms with E-state index >= 15 is 0 Å². The highest BCUT2D eigenvalue weighted by Crippen LogP contribution is 2.21. The summed E-state index contributed by atoms with van der Waals surface area (Å²) in [6.45, 7) is 10.6. The van der Waals surface area contributed by atoms with Crippen LogP contribution in [0.2, 0.25) is 0 Å². The Kier molecular flexibility index (Phi) is 10.5. The van der Waals surface area contributed by atoms with Crippen molar-refractivity contribution in [1.29, 1.82) is 0 Å². The van der Waals surface area contributed by atoms with Crippen molar-refractivity contribution >= 4 is 41.7 Å². The number of hydrogen-bond donors (Lipinski definition) is 1. The maximum Gasteiger partial charge on any atom is 0.213 e. The second-order valence-electron chi connectivity index (χ2n) is 5.45. The lowest BCUT2D eigenvalue weighted by atomic mass is 10.2. The normalized spacial score (nSPS) is 18.0. The minimum absolute atomic E-state index is 0. The van der Waals surface area contributed by atoms with Crippen molar-refractivity contribution in [2.24, 2.45) is 4.99 Å². The van der Waals surface area contributed by atoms with E-state index in [-0.39, 0.29) is 24.0 Å². The van der Waals surface area contributed by atoms with Crippen LogP contribution in [0.4, 0.5) is 0 Å². The van der Waals surface area contributed by atoms with E-state index in [9.17, 15) is 0 Å². The molecule has 136 valence electrons. The predicted molar refractivity (Wildman–Crippen MR) is 114 cm³/mol. The van der Waals surface area contributed by atoms with E-state index in [1.807, 2.05) is 19.1 Å². The highest BCUT2D eigenvalue weighted by atomic mass is 127. The van der Waals surface area contributed by atoms with E-state index in [4.69, 9.17) is 9.73 Å². The van der Waals surface area contributed by atoms with E-state index in [2.05, 4.69) is 40.8 Å². The van der Waals surface area contributed by atoms with Gasteiger partial charge in [0.25, 0.3) is 0 Å². The molecule has 1 aliphatic heterocycles. The number of aliphatic imine (C=N–C) groups is 1. The van der Waals surface area contributed by atoms with Gasteiger partial charge < -0.3 is 15.0 Å². The molecular weight excluding hydrogens is 435 g/mol. The number of nitrogens with zero attached hydrogens (tertiary/aromatic N) is 3. The van der Waals surface area contributed by atoms with Gasteiger partial charge in [-0.05, 0) is 31.9 Å². The molecule has 2 rings (SSSR count). The van der Waals surface area contributed by atoms with E-state index < -0.39 is 0 Å². The quantitative estimate of drug-likeness (QED) is 0.398. The zero-order valence-corrected chi connectivity index (χ0v) is 18.0. The van der Waals surface area contributed by atoms with Crippen LogP contribution in [-0.4, -0.2) is 53.1 Å². The lowest BCUT2D eigenvalue weighted by Crippen LogP contribution is -2.48. The number of ether oxygens (including phenoxy) is 1. The smallest absolute Gasteiger partial charge is 0.213 e. The summed E-state index contributed by atoms with van der Waals surface area (Å²) in [5.41, 5.74) is 1.12. The van der Waals surface area contributed by atoms with Crippen molar-refractivity contribution in [2.45, 2.75) is 39.0 Å². The van der Waals surface area contributed by atoms with Crippen LogP contribution < -0.4 is 10.1 Å². The van der Waals surface area contributed by atoms with E-state index in [1.54, 1.807) is 6.20 Å². The van der Waals surface area contributed by atoms with Gasteiger partial charge in [0, 0.05) is 42.9 Å². The number of thioether (sulfide) groups is 1. The van der Waals surface area contributed by atoms with Crippen LogP contribution in [-0.2, 0) is 6.54 Å². The van der Waals surface area contributed by atoms with E-state index in [1.165, 1.54) is 12.2 Å². The molecular formula is C17H29IN4OS. The molecule has 5 nitrogen and oxygen atoms in total. The molecule has 24 heavy (non-hydrogen) atoms. The van der Waals surface area contributed by atoms with Gasteiger partial charge in [0.15, 0.2) is 5.96 Å². The van der Waals surface area contributed by atoms with Crippen LogP contribution in [0.15, 0.2) is 23.3 Å². The topological polar surface area (TPSA) is 49.8 Å². The van der Waals surface area contributed by atoms with Gasteiger partial charge in [-0.25, -0.2) is 9.98 Å². The van der Waals surface area contributed by atoms with Gasteiger partial charge in [0.1, 0.15) is 0 Å². The third-order valence-electron chi connectivity index (χ3n) is 3.73. The van der Waals surface area contributed by atoms with Crippen molar-refractivity contribution in [3.8, 4) is 5.88 Å². The first-order valence-corrected chi connectivity index (χ1v) is 9.54. The third-order valence-corrected chi connectivity index (χ3v) is 5.10. The Morgan fingerprint density at radius 3 is 3.00 bits per heavy atom. The summed E-state index contributed by atoms with van der Waals surface area (Å²) in [5.74, 6) is 2.86. The first-order chi connectivity index (χ1) is 11.3. The van der Waals surface area contributed by atoms with Gasteiger partial charge in [-0.2, -0.15) is 11.8 Å². The predicted octanol–water partition coefficient (Wildman–Crippen LogP) is 3.39. The second kappa shape index (κ2) is 11.8. The minimum atomic E-state index is 0. The standard InChI is InChI=1S/C17H28N4OS.HI/c1-4-15-13-21(9-10-23-15)17(18-5-2)20-12-14-7-8-19-16(11-14)22-6-3;/h7-8,11,15H,4-6,9-10,12-13H2,1-3H3,(H,18,20);1H. The summed E-state index contributed by atoms with van der Waals surface area (Å²) >= 11 is 2.08. The van der Waals surface area contributed by atoms with Gasteiger partial charge in [-0.3, -0.25) is 0 Å². The number of hydrogen-bond acceptors (Lipinski definition) is 4. The van der Waals surface area contributed by atoms with Crippen LogP contribution in [0.25, 0.3) is 0 Å². The molecule has 7 heteroatoms. The summed E-state index contributed by atoms with van der Waals surface area (Å²) in [5, 5.41) is 4.13. The fourth-order valence-corrected chi connectivity index (χ4v) is 3.71. The molecule has 1 fully saturated rings. The minimum Gasteiger partial charge on any atom is -0.478 e. The number of rotatable bonds is 6. The van der Waals surface area contributed by atoms with Crippen molar-refractivity contribution in [1.82, 2.24) is 15.2 Å². The van der Waals surface area contributed by atoms with E-state index in [0.717, 1.165) is 31.2 Å². The Labute approximate surface area is 167 Å². The van der Waals surface area contributed by atoms with Crippen molar-refractivity contribution < 1.29 is 4.74 Å². The molecule has 0 saturated carbocycles. The highest BCUT2D eigenvalue weighted by molar-refractivity contribution is 14.0. The Morgan fingerprint density at radius 2 is 2.29 bits per heavy atom. The molecule has 0 radical (unpaired) electrons.